The Kier molecular flexibility index (Phi) is 4.83. The standard InChI is InChI=1S/C13H18Br2N2O2S/c1-2-3-13(4-5-13)8-17-20(18,19)12-10(14)6-9(16)7-11(12)15/h6-7,17H,2-5,8,16H2,1H3. The number of anilines is 1. The second-order valence-electron chi connectivity index (χ2n) is 5.39. The molecule has 0 spiro atoms. The van der Waals surface area contributed by atoms with Gasteiger partial charge >= 0.3 is 0 Å². The first kappa shape index (κ1) is 16.3. The number of hydrogen-bond donors (Lipinski definition) is 2. The SMILES string of the molecule is CCCC1(CNS(=O)(=O)c2c(Br)cc(N)cc2Br)CC1. The van der Waals surface area contributed by atoms with E-state index < -0.39 is 10.0 Å². The molecule has 0 saturated heterocycles. The third kappa shape index (κ3) is 3.55. The third-order valence-corrected chi connectivity index (χ3v) is 6.94. The predicted molar refractivity (Wildman–Crippen MR) is 88.0 cm³/mol. The minimum absolute atomic E-state index is 0.175. The average Bonchev–Trinajstić information content (AvgIpc) is 3.06. The normalized spacial score (nSPS) is 17.1. The Balaban J connectivity index is 2.19. The fourth-order valence-corrected chi connectivity index (χ4v) is 6.15. The molecule has 2 rings (SSSR count). The predicted octanol–water partition coefficient (Wildman–Crippen LogP) is 3.65. The molecule has 1 aliphatic rings. The van der Waals surface area contributed by atoms with E-state index in [1.165, 1.54) is 0 Å². The summed E-state index contributed by atoms with van der Waals surface area (Å²) in [7, 11) is -3.55. The molecule has 0 atom stereocenters. The van der Waals surface area contributed by atoms with Crippen LogP contribution in [0.4, 0.5) is 5.69 Å². The van der Waals surface area contributed by atoms with Crippen molar-refractivity contribution in [2.24, 2.45) is 5.41 Å². The lowest BCUT2D eigenvalue weighted by atomic mass is 10.0. The summed E-state index contributed by atoms with van der Waals surface area (Å²) in [5.74, 6) is 0. The number of nitrogens with one attached hydrogen (secondary N) is 1. The maximum Gasteiger partial charge on any atom is 0.242 e. The molecule has 1 saturated carbocycles. The number of hydrogen-bond acceptors (Lipinski definition) is 3. The minimum Gasteiger partial charge on any atom is -0.399 e. The second kappa shape index (κ2) is 5.94. The summed E-state index contributed by atoms with van der Waals surface area (Å²) in [5.41, 5.74) is 6.37. The van der Waals surface area contributed by atoms with E-state index in [0.29, 0.717) is 21.2 Å². The molecule has 1 aromatic rings. The highest BCUT2D eigenvalue weighted by Gasteiger charge is 2.42. The van der Waals surface area contributed by atoms with Crippen LogP contribution in [0.25, 0.3) is 0 Å². The zero-order valence-corrected chi connectivity index (χ0v) is 15.2. The van der Waals surface area contributed by atoms with Crippen molar-refractivity contribution in [1.82, 2.24) is 4.72 Å². The number of nitrogen functional groups attached to an aromatic ring is 1. The largest absolute Gasteiger partial charge is 0.399 e. The summed E-state index contributed by atoms with van der Waals surface area (Å²) in [6.07, 6.45) is 4.36. The van der Waals surface area contributed by atoms with Gasteiger partial charge in [0.05, 0.1) is 0 Å². The van der Waals surface area contributed by atoms with E-state index in [0.717, 1.165) is 25.7 Å². The first-order valence-corrected chi connectivity index (χ1v) is 9.61. The fourth-order valence-electron chi connectivity index (χ4n) is 2.38. The van der Waals surface area contributed by atoms with Crippen molar-refractivity contribution < 1.29 is 8.42 Å². The quantitative estimate of drug-likeness (QED) is 0.683. The minimum atomic E-state index is -3.55. The summed E-state index contributed by atoms with van der Waals surface area (Å²) in [5, 5.41) is 0. The Labute approximate surface area is 136 Å². The number of rotatable bonds is 6. The first-order valence-electron chi connectivity index (χ1n) is 6.54. The monoisotopic (exact) mass is 424 g/mol. The molecular weight excluding hydrogens is 408 g/mol. The zero-order valence-electron chi connectivity index (χ0n) is 11.2. The topological polar surface area (TPSA) is 72.2 Å². The Hall–Kier alpha value is -0.110. The summed E-state index contributed by atoms with van der Waals surface area (Å²) < 4.78 is 28.6. The molecular formula is C13H18Br2N2O2S. The number of benzene rings is 1. The van der Waals surface area contributed by atoms with E-state index in [4.69, 9.17) is 5.73 Å². The second-order valence-corrected chi connectivity index (χ2v) is 8.80. The van der Waals surface area contributed by atoms with Crippen LogP contribution in [0.15, 0.2) is 26.0 Å². The summed E-state index contributed by atoms with van der Waals surface area (Å²) in [6, 6.07) is 3.19. The van der Waals surface area contributed by atoms with E-state index >= 15 is 0 Å². The molecule has 1 aromatic carbocycles. The van der Waals surface area contributed by atoms with Crippen LogP contribution in [0.1, 0.15) is 32.6 Å². The molecule has 4 nitrogen and oxygen atoms in total. The first-order chi connectivity index (χ1) is 9.30. The van der Waals surface area contributed by atoms with Gasteiger partial charge in [-0.1, -0.05) is 13.3 Å². The van der Waals surface area contributed by atoms with E-state index in [1.54, 1.807) is 12.1 Å². The lowest BCUT2D eigenvalue weighted by Gasteiger charge is -2.16. The van der Waals surface area contributed by atoms with Gasteiger partial charge in [-0.25, -0.2) is 13.1 Å². The van der Waals surface area contributed by atoms with E-state index in [2.05, 4.69) is 43.5 Å². The van der Waals surface area contributed by atoms with Gasteiger partial charge in [0.25, 0.3) is 0 Å². The van der Waals surface area contributed by atoms with Gasteiger partial charge in [-0.15, -0.1) is 0 Å². The molecule has 1 aliphatic carbocycles. The van der Waals surface area contributed by atoms with Crippen molar-refractivity contribution in [3.8, 4) is 0 Å². The molecule has 0 heterocycles. The molecule has 0 aliphatic heterocycles. The lowest BCUT2D eigenvalue weighted by Crippen LogP contribution is -2.30. The molecule has 7 heteroatoms. The van der Waals surface area contributed by atoms with Crippen LogP contribution >= 0.6 is 31.9 Å². The van der Waals surface area contributed by atoms with E-state index in [-0.39, 0.29) is 10.3 Å². The lowest BCUT2D eigenvalue weighted by molar-refractivity contribution is 0.449. The Morgan fingerprint density at radius 1 is 1.30 bits per heavy atom. The molecule has 0 amide bonds. The van der Waals surface area contributed by atoms with Crippen LogP contribution in [-0.2, 0) is 10.0 Å². The Morgan fingerprint density at radius 3 is 2.30 bits per heavy atom. The van der Waals surface area contributed by atoms with E-state index in [9.17, 15) is 8.42 Å². The van der Waals surface area contributed by atoms with Crippen molar-refractivity contribution in [2.45, 2.75) is 37.5 Å². The van der Waals surface area contributed by atoms with Crippen LogP contribution in [-0.4, -0.2) is 15.0 Å². The third-order valence-electron chi connectivity index (χ3n) is 3.66. The van der Waals surface area contributed by atoms with Gasteiger partial charge < -0.3 is 5.73 Å². The summed E-state index contributed by atoms with van der Waals surface area (Å²) in [4.78, 5) is 0.207. The molecule has 0 radical (unpaired) electrons. The molecule has 1 fully saturated rings. The van der Waals surface area contributed by atoms with Crippen molar-refractivity contribution in [3.05, 3.63) is 21.1 Å². The van der Waals surface area contributed by atoms with Crippen LogP contribution in [0.5, 0.6) is 0 Å². The van der Waals surface area contributed by atoms with Crippen LogP contribution in [0, 0.1) is 5.41 Å². The molecule has 0 aromatic heterocycles. The maximum absolute atomic E-state index is 12.5. The number of halogens is 2. The van der Waals surface area contributed by atoms with Gasteiger partial charge in [0, 0.05) is 21.2 Å². The van der Waals surface area contributed by atoms with Crippen molar-refractivity contribution in [2.75, 3.05) is 12.3 Å². The molecule has 112 valence electrons. The van der Waals surface area contributed by atoms with Gasteiger partial charge in [-0.2, -0.15) is 0 Å². The van der Waals surface area contributed by atoms with Crippen LogP contribution < -0.4 is 10.5 Å². The highest BCUT2D eigenvalue weighted by molar-refractivity contribution is 9.11. The number of sulfonamides is 1. The molecule has 3 N–H and O–H groups in total. The molecule has 0 unspecified atom stereocenters. The van der Waals surface area contributed by atoms with Gasteiger partial charge in [0.15, 0.2) is 0 Å². The van der Waals surface area contributed by atoms with Crippen LogP contribution in [0.2, 0.25) is 0 Å². The van der Waals surface area contributed by atoms with Crippen molar-refractivity contribution >= 4 is 47.6 Å². The smallest absolute Gasteiger partial charge is 0.242 e. The van der Waals surface area contributed by atoms with Gasteiger partial charge in [-0.3, -0.25) is 0 Å². The van der Waals surface area contributed by atoms with Gasteiger partial charge in [-0.05, 0) is 68.7 Å². The maximum atomic E-state index is 12.5. The Bertz CT molecular complexity index is 590. The van der Waals surface area contributed by atoms with E-state index in [1.807, 2.05) is 0 Å². The van der Waals surface area contributed by atoms with Crippen molar-refractivity contribution in [3.63, 3.8) is 0 Å². The summed E-state index contributed by atoms with van der Waals surface area (Å²) >= 11 is 6.54. The number of nitrogens with two attached hydrogens (primary N) is 1. The fraction of sp³-hybridized carbons (Fsp3) is 0.538. The van der Waals surface area contributed by atoms with Gasteiger partial charge in [0.1, 0.15) is 4.90 Å². The van der Waals surface area contributed by atoms with Crippen LogP contribution in [0.3, 0.4) is 0 Å². The summed E-state index contributed by atoms with van der Waals surface area (Å²) in [6.45, 7) is 2.63. The highest BCUT2D eigenvalue weighted by atomic mass is 79.9. The Morgan fingerprint density at radius 2 is 1.85 bits per heavy atom. The highest BCUT2D eigenvalue weighted by Crippen LogP contribution is 2.49. The zero-order chi connectivity index (χ0) is 15.0. The molecule has 20 heavy (non-hydrogen) atoms. The van der Waals surface area contributed by atoms with Gasteiger partial charge in [0.2, 0.25) is 10.0 Å². The average molecular weight is 426 g/mol. The van der Waals surface area contributed by atoms with Crippen molar-refractivity contribution in [1.29, 1.82) is 0 Å². The molecule has 0 bridgehead atoms.